The second kappa shape index (κ2) is 11.6. The zero-order valence-corrected chi connectivity index (χ0v) is 22.7. The molecular weight excluding hydrogens is 544 g/mol. The van der Waals surface area contributed by atoms with Gasteiger partial charge in [0.25, 0.3) is 5.91 Å². The lowest BCUT2D eigenvalue weighted by Crippen LogP contribution is -2.55. The average Bonchev–Trinajstić information content (AvgIpc) is 3.12. The number of alkyl halides is 3. The largest absolute Gasteiger partial charge is 0.416 e. The first kappa shape index (κ1) is 30.2. The second-order valence-electron chi connectivity index (χ2n) is 10.8. The van der Waals surface area contributed by atoms with Gasteiger partial charge in [-0.05, 0) is 42.5 Å². The van der Waals surface area contributed by atoms with E-state index < -0.39 is 58.2 Å². The van der Waals surface area contributed by atoms with Crippen LogP contribution >= 0.6 is 0 Å². The van der Waals surface area contributed by atoms with Crippen molar-refractivity contribution in [2.75, 3.05) is 26.2 Å². The van der Waals surface area contributed by atoms with Crippen LogP contribution in [-0.2, 0) is 20.6 Å². The number of hydrogen-bond acceptors (Lipinski definition) is 5. The van der Waals surface area contributed by atoms with E-state index in [0.29, 0.717) is 23.8 Å². The summed E-state index contributed by atoms with van der Waals surface area (Å²) in [6, 6.07) is 9.31. The van der Waals surface area contributed by atoms with Crippen molar-refractivity contribution in [2.24, 2.45) is 17.1 Å². The van der Waals surface area contributed by atoms with E-state index in [9.17, 15) is 36.7 Å². The molecule has 0 saturated carbocycles. The zero-order valence-electron chi connectivity index (χ0n) is 22.7. The van der Waals surface area contributed by atoms with Gasteiger partial charge in [-0.15, -0.1) is 0 Å². The molecule has 2 aliphatic rings. The molecule has 2 atom stereocenters. The summed E-state index contributed by atoms with van der Waals surface area (Å²) in [5, 5.41) is 2.40. The van der Waals surface area contributed by atoms with Crippen LogP contribution in [0.25, 0.3) is 0 Å². The molecule has 2 aromatic rings. The molecule has 12 heteroatoms. The Morgan fingerprint density at radius 1 is 1.07 bits per heavy atom. The number of amides is 4. The van der Waals surface area contributed by atoms with Gasteiger partial charge in [0.1, 0.15) is 11.9 Å². The number of nitrogens with zero attached hydrogens (tertiary/aromatic N) is 2. The van der Waals surface area contributed by atoms with E-state index in [2.05, 4.69) is 5.32 Å². The maximum atomic E-state index is 14.3. The summed E-state index contributed by atoms with van der Waals surface area (Å²) < 4.78 is 53.7. The summed E-state index contributed by atoms with van der Waals surface area (Å²) >= 11 is 0. The van der Waals surface area contributed by atoms with E-state index in [-0.39, 0.29) is 50.8 Å². The first-order chi connectivity index (χ1) is 19.3. The molecule has 0 aliphatic carbocycles. The Morgan fingerprint density at radius 3 is 2.27 bits per heavy atom. The fourth-order valence-electron chi connectivity index (χ4n) is 5.77. The molecular formula is C29H32F4N4O4. The Balaban J connectivity index is 1.54. The minimum Gasteiger partial charge on any atom is -0.341 e. The third kappa shape index (κ3) is 5.70. The van der Waals surface area contributed by atoms with Crippen molar-refractivity contribution in [1.82, 2.24) is 15.1 Å². The minimum absolute atomic E-state index is 0.0823. The molecule has 0 radical (unpaired) electrons. The third-order valence-electron chi connectivity index (χ3n) is 7.95. The smallest absolute Gasteiger partial charge is 0.341 e. The van der Waals surface area contributed by atoms with Gasteiger partial charge in [0.2, 0.25) is 17.7 Å². The van der Waals surface area contributed by atoms with Crippen molar-refractivity contribution in [2.45, 2.75) is 44.8 Å². The lowest BCUT2D eigenvalue weighted by atomic mass is 9.67. The number of halogens is 4. The monoisotopic (exact) mass is 576 g/mol. The van der Waals surface area contributed by atoms with Crippen molar-refractivity contribution in [3.05, 3.63) is 71.0 Å². The highest BCUT2D eigenvalue weighted by atomic mass is 19.4. The van der Waals surface area contributed by atoms with Gasteiger partial charge in [-0.25, -0.2) is 4.39 Å². The molecule has 2 saturated heterocycles. The molecule has 8 nitrogen and oxygen atoms in total. The number of carbonyl (C=O) groups excluding carboxylic acids is 4. The Labute approximate surface area is 234 Å². The Hall–Kier alpha value is -3.80. The van der Waals surface area contributed by atoms with Crippen LogP contribution in [0.2, 0.25) is 0 Å². The molecule has 2 aromatic carbocycles. The average molecular weight is 577 g/mol. The summed E-state index contributed by atoms with van der Waals surface area (Å²) in [6.07, 6.45) is -4.41. The van der Waals surface area contributed by atoms with Crippen LogP contribution in [-0.4, -0.2) is 65.6 Å². The molecule has 1 spiro atoms. The number of nitrogens with one attached hydrogen (secondary N) is 1. The topological polar surface area (TPSA) is 113 Å². The number of benzene rings is 2. The number of imide groups is 1. The molecule has 4 rings (SSSR count). The quantitative estimate of drug-likeness (QED) is 0.388. The van der Waals surface area contributed by atoms with Gasteiger partial charge >= 0.3 is 6.18 Å². The van der Waals surface area contributed by atoms with Gasteiger partial charge in [0, 0.05) is 26.2 Å². The number of rotatable bonds is 7. The number of hydrogen-bond donors (Lipinski definition) is 2. The molecule has 4 amide bonds. The van der Waals surface area contributed by atoms with Crippen molar-refractivity contribution < 1.29 is 36.7 Å². The van der Waals surface area contributed by atoms with Crippen LogP contribution in [0.5, 0.6) is 0 Å². The Bertz CT molecular complexity index is 1320. The highest BCUT2D eigenvalue weighted by Crippen LogP contribution is 2.51. The van der Waals surface area contributed by atoms with Crippen LogP contribution in [0.1, 0.15) is 54.1 Å². The van der Waals surface area contributed by atoms with Crippen LogP contribution in [0, 0.1) is 17.2 Å². The van der Waals surface area contributed by atoms with Crippen LogP contribution in [0.15, 0.2) is 48.5 Å². The highest BCUT2D eigenvalue weighted by Gasteiger charge is 2.60. The van der Waals surface area contributed by atoms with Crippen molar-refractivity contribution >= 4 is 23.6 Å². The molecule has 41 heavy (non-hydrogen) atoms. The van der Waals surface area contributed by atoms with Crippen LogP contribution in [0.4, 0.5) is 17.6 Å². The molecule has 0 bridgehead atoms. The molecule has 220 valence electrons. The van der Waals surface area contributed by atoms with E-state index in [1.54, 1.807) is 38.1 Å². The van der Waals surface area contributed by atoms with E-state index in [1.165, 1.54) is 9.80 Å². The summed E-state index contributed by atoms with van der Waals surface area (Å²) in [4.78, 5) is 56.0. The number of piperidine rings is 1. The summed E-state index contributed by atoms with van der Waals surface area (Å²) in [7, 11) is 0. The highest BCUT2D eigenvalue weighted by molar-refractivity contribution is 6.10. The van der Waals surface area contributed by atoms with Gasteiger partial charge in [0.05, 0.1) is 22.5 Å². The fourth-order valence-corrected chi connectivity index (χ4v) is 5.77. The number of carbonyl (C=O) groups is 4. The van der Waals surface area contributed by atoms with Crippen molar-refractivity contribution in [1.29, 1.82) is 0 Å². The first-order valence-corrected chi connectivity index (χ1v) is 13.4. The van der Waals surface area contributed by atoms with E-state index in [4.69, 9.17) is 5.73 Å². The lowest BCUT2D eigenvalue weighted by molar-refractivity contribution is -0.145. The second-order valence-corrected chi connectivity index (χ2v) is 10.8. The normalized spacial score (nSPS) is 19.7. The van der Waals surface area contributed by atoms with Crippen molar-refractivity contribution in [3.8, 4) is 0 Å². The first-order valence-electron chi connectivity index (χ1n) is 13.4. The Kier molecular flexibility index (Phi) is 8.53. The van der Waals surface area contributed by atoms with Gasteiger partial charge in [-0.1, -0.05) is 44.2 Å². The number of likely N-dealkylation sites (tertiary alicyclic amines) is 2. The van der Waals surface area contributed by atoms with Gasteiger partial charge < -0.3 is 16.0 Å². The van der Waals surface area contributed by atoms with E-state index in [1.807, 2.05) is 6.07 Å². The van der Waals surface area contributed by atoms with Crippen LogP contribution in [0.3, 0.4) is 0 Å². The predicted molar refractivity (Wildman–Crippen MR) is 141 cm³/mol. The van der Waals surface area contributed by atoms with Gasteiger partial charge in [0.15, 0.2) is 0 Å². The standard InChI is InChI=1S/C29H32F4N4O4/c1-17(2)23(35-24(38)20-16-19(29(31,32)33)8-9-21(20)30)26(40)36-13-10-28(11-14-36)22(18-6-4-3-5-7-18)25(39)37(15-12-34)27(28)41/h3-9,16-17,22-23H,10-15,34H2,1-2H3,(H,35,38)/t22?,23-/m1/s1. The molecule has 3 N–H and O–H groups in total. The Morgan fingerprint density at radius 2 is 1.71 bits per heavy atom. The summed E-state index contributed by atoms with van der Waals surface area (Å²) in [5.74, 6) is -4.68. The van der Waals surface area contributed by atoms with Crippen LogP contribution < -0.4 is 11.1 Å². The van der Waals surface area contributed by atoms with E-state index >= 15 is 0 Å². The molecule has 2 aliphatic heterocycles. The fraction of sp³-hybridized carbons (Fsp3) is 0.448. The number of nitrogens with two attached hydrogens (primary N) is 1. The predicted octanol–water partition coefficient (Wildman–Crippen LogP) is 3.32. The maximum Gasteiger partial charge on any atom is 0.416 e. The molecule has 2 fully saturated rings. The maximum absolute atomic E-state index is 14.3. The molecule has 2 heterocycles. The SMILES string of the molecule is CC(C)[C@@H](NC(=O)c1cc(C(F)(F)F)ccc1F)C(=O)N1CCC2(CC1)C(=O)N(CCN)C(=O)C2c1ccccc1. The summed E-state index contributed by atoms with van der Waals surface area (Å²) in [6.45, 7) is 3.70. The minimum atomic E-state index is -4.78. The zero-order chi connectivity index (χ0) is 30.1. The van der Waals surface area contributed by atoms with Gasteiger partial charge in [-0.2, -0.15) is 13.2 Å². The summed E-state index contributed by atoms with van der Waals surface area (Å²) in [5.41, 5.74) is 3.28. The molecule has 1 unspecified atom stereocenters. The molecule has 0 aromatic heterocycles. The van der Waals surface area contributed by atoms with E-state index in [0.717, 1.165) is 0 Å². The van der Waals surface area contributed by atoms with Crippen molar-refractivity contribution in [3.63, 3.8) is 0 Å². The third-order valence-corrected chi connectivity index (χ3v) is 7.95. The lowest BCUT2D eigenvalue weighted by Gasteiger charge is -2.41. The van der Waals surface area contributed by atoms with Gasteiger partial charge in [-0.3, -0.25) is 24.1 Å².